The Bertz CT molecular complexity index is 699. The Hall–Kier alpha value is -2.28. The van der Waals surface area contributed by atoms with E-state index < -0.39 is 0 Å². The topological polar surface area (TPSA) is 71.1 Å². The quantitative estimate of drug-likeness (QED) is 0.700. The van der Waals surface area contributed by atoms with Gasteiger partial charge in [-0.25, -0.2) is 0 Å². The van der Waals surface area contributed by atoms with E-state index in [0.29, 0.717) is 30.2 Å². The molecular weight excluding hydrogens is 358 g/mol. The van der Waals surface area contributed by atoms with E-state index in [1.807, 2.05) is 6.92 Å². The number of ether oxygens (including phenoxy) is 2. The van der Waals surface area contributed by atoms with Crippen LogP contribution in [0.3, 0.4) is 0 Å². The molecule has 1 N–H and O–H groups in total. The third-order valence-corrected chi connectivity index (χ3v) is 5.55. The molecule has 0 aromatic heterocycles. The van der Waals surface area contributed by atoms with Gasteiger partial charge in [0.25, 0.3) is 5.91 Å². The fourth-order valence-corrected chi connectivity index (χ4v) is 3.62. The molecule has 2 aliphatic heterocycles. The second-order valence-electron chi connectivity index (χ2n) is 7.55. The summed E-state index contributed by atoms with van der Waals surface area (Å²) in [6, 6.07) is 5.35. The molecule has 1 saturated heterocycles. The van der Waals surface area contributed by atoms with Gasteiger partial charge in [0.05, 0.1) is 5.92 Å². The van der Waals surface area contributed by atoms with E-state index in [0.717, 1.165) is 32.5 Å². The summed E-state index contributed by atoms with van der Waals surface area (Å²) in [5.41, 5.74) is 0.563. The summed E-state index contributed by atoms with van der Waals surface area (Å²) < 4.78 is 10.6. The van der Waals surface area contributed by atoms with Crippen molar-refractivity contribution in [1.29, 1.82) is 0 Å². The zero-order chi connectivity index (χ0) is 20.1. The van der Waals surface area contributed by atoms with Crippen LogP contribution in [0.4, 0.5) is 0 Å². The molecule has 28 heavy (non-hydrogen) atoms. The van der Waals surface area contributed by atoms with Gasteiger partial charge < -0.3 is 24.6 Å². The van der Waals surface area contributed by atoms with Crippen LogP contribution in [0.25, 0.3) is 0 Å². The third kappa shape index (κ3) is 4.76. The lowest BCUT2D eigenvalue weighted by Gasteiger charge is -2.38. The van der Waals surface area contributed by atoms with Crippen LogP contribution < -0.4 is 14.8 Å². The van der Waals surface area contributed by atoms with Crippen LogP contribution in [-0.2, 0) is 4.79 Å². The highest BCUT2D eigenvalue weighted by Gasteiger charge is 2.36. The average molecular weight is 389 g/mol. The molecule has 0 aliphatic carbocycles. The zero-order valence-corrected chi connectivity index (χ0v) is 17.1. The Balaban J connectivity index is 1.39. The van der Waals surface area contributed by atoms with E-state index in [1.165, 1.54) is 0 Å². The highest BCUT2D eigenvalue weighted by atomic mass is 16.7. The number of hydrogen-bond donors (Lipinski definition) is 1. The number of nitrogens with one attached hydrogen (secondary N) is 1. The summed E-state index contributed by atoms with van der Waals surface area (Å²) in [6.45, 7) is 10.7. The normalized spacial score (nSPS) is 16.8. The molecule has 1 fully saturated rings. The molecule has 0 radical (unpaired) electrons. The number of likely N-dealkylation sites (tertiary alicyclic amines) is 1. The number of fused-ring (bicyclic) bond motifs is 1. The summed E-state index contributed by atoms with van der Waals surface area (Å²) in [6.07, 6.45) is 2.04. The van der Waals surface area contributed by atoms with E-state index in [-0.39, 0.29) is 30.6 Å². The van der Waals surface area contributed by atoms with Gasteiger partial charge in [0.1, 0.15) is 0 Å². The molecule has 154 valence electrons. The first-order valence-corrected chi connectivity index (χ1v) is 10.2. The second-order valence-corrected chi connectivity index (χ2v) is 7.55. The van der Waals surface area contributed by atoms with Gasteiger partial charge in [0.15, 0.2) is 11.5 Å². The van der Waals surface area contributed by atoms with Gasteiger partial charge in [-0.15, -0.1) is 0 Å². The lowest BCUT2D eigenvalue weighted by atomic mass is 9.97. The second kappa shape index (κ2) is 9.28. The fraction of sp³-hybridized carbons (Fsp3) is 0.619. The number of hydrogen-bond acceptors (Lipinski definition) is 5. The Morgan fingerprint density at radius 3 is 2.64 bits per heavy atom. The van der Waals surface area contributed by atoms with Crippen molar-refractivity contribution in [3.63, 3.8) is 0 Å². The van der Waals surface area contributed by atoms with Crippen molar-refractivity contribution in [2.24, 2.45) is 5.92 Å². The number of carbonyl (C=O) groups excluding carboxylic acids is 2. The van der Waals surface area contributed by atoms with Crippen molar-refractivity contribution in [2.75, 3.05) is 39.5 Å². The molecule has 1 unspecified atom stereocenters. The van der Waals surface area contributed by atoms with E-state index in [2.05, 4.69) is 24.1 Å². The molecule has 0 bridgehead atoms. The number of carbonyl (C=O) groups is 2. The highest BCUT2D eigenvalue weighted by Crippen LogP contribution is 2.33. The largest absolute Gasteiger partial charge is 0.454 e. The van der Waals surface area contributed by atoms with Crippen molar-refractivity contribution in [2.45, 2.75) is 39.7 Å². The summed E-state index contributed by atoms with van der Waals surface area (Å²) in [5.74, 6) is 1.11. The molecule has 1 aromatic rings. The van der Waals surface area contributed by atoms with Crippen molar-refractivity contribution < 1.29 is 19.1 Å². The van der Waals surface area contributed by atoms with Crippen LogP contribution in [0.5, 0.6) is 11.5 Å². The van der Waals surface area contributed by atoms with Crippen LogP contribution >= 0.6 is 0 Å². The van der Waals surface area contributed by atoms with E-state index in [1.54, 1.807) is 23.1 Å². The Kier molecular flexibility index (Phi) is 6.78. The molecule has 7 nitrogen and oxygen atoms in total. The predicted molar refractivity (Wildman–Crippen MR) is 107 cm³/mol. The number of amides is 2. The lowest BCUT2D eigenvalue weighted by molar-refractivity contribution is -0.129. The molecule has 1 aromatic carbocycles. The van der Waals surface area contributed by atoms with E-state index >= 15 is 0 Å². The Morgan fingerprint density at radius 2 is 1.93 bits per heavy atom. The van der Waals surface area contributed by atoms with Gasteiger partial charge in [0, 0.05) is 24.7 Å². The molecule has 2 heterocycles. The molecule has 3 rings (SSSR count). The number of rotatable bonds is 9. The lowest BCUT2D eigenvalue weighted by Crippen LogP contribution is -2.56. The van der Waals surface area contributed by atoms with Gasteiger partial charge in [-0.05, 0) is 57.6 Å². The third-order valence-electron chi connectivity index (χ3n) is 5.55. The van der Waals surface area contributed by atoms with Gasteiger partial charge in [-0.3, -0.25) is 9.59 Å². The molecule has 1 atom stereocenters. The number of benzene rings is 1. The minimum atomic E-state index is -0.122. The van der Waals surface area contributed by atoms with Crippen molar-refractivity contribution in [3.05, 3.63) is 23.8 Å². The minimum Gasteiger partial charge on any atom is -0.454 e. The molecule has 2 amide bonds. The molecule has 7 heteroatoms. The maximum atomic E-state index is 12.6. The predicted octanol–water partition coefficient (Wildman–Crippen LogP) is 2.11. The fourth-order valence-electron chi connectivity index (χ4n) is 3.62. The summed E-state index contributed by atoms with van der Waals surface area (Å²) in [4.78, 5) is 29.1. The summed E-state index contributed by atoms with van der Waals surface area (Å²) in [7, 11) is 0. The Morgan fingerprint density at radius 1 is 1.21 bits per heavy atom. The van der Waals surface area contributed by atoms with Crippen molar-refractivity contribution >= 4 is 11.8 Å². The van der Waals surface area contributed by atoms with Crippen LogP contribution in [0, 0.1) is 5.92 Å². The highest BCUT2D eigenvalue weighted by molar-refractivity contribution is 5.96. The van der Waals surface area contributed by atoms with Crippen LogP contribution in [-0.4, -0.2) is 67.2 Å². The van der Waals surface area contributed by atoms with Crippen LogP contribution in [0.15, 0.2) is 18.2 Å². The SMILES string of the molecule is CCN(CC)CCCC(C)NC(=O)C1CN(C(=O)c2ccc3c(c2)OCO3)C1. The maximum Gasteiger partial charge on any atom is 0.254 e. The molecule has 0 saturated carbocycles. The van der Waals surface area contributed by atoms with Gasteiger partial charge >= 0.3 is 0 Å². The first-order chi connectivity index (χ1) is 13.5. The monoisotopic (exact) mass is 389 g/mol. The van der Waals surface area contributed by atoms with Crippen LogP contribution in [0.2, 0.25) is 0 Å². The standard InChI is InChI=1S/C21H31N3O4/c1-4-23(5-2)10-6-7-15(3)22-20(25)17-12-24(13-17)21(26)16-8-9-18-19(11-16)28-14-27-18/h8-9,11,15,17H,4-7,10,12-14H2,1-3H3,(H,22,25). The van der Waals surface area contributed by atoms with Gasteiger partial charge in [-0.1, -0.05) is 13.8 Å². The molecule has 2 aliphatic rings. The zero-order valence-electron chi connectivity index (χ0n) is 17.1. The van der Waals surface area contributed by atoms with E-state index in [4.69, 9.17) is 9.47 Å². The first-order valence-electron chi connectivity index (χ1n) is 10.2. The number of nitrogens with zero attached hydrogens (tertiary/aromatic N) is 2. The van der Waals surface area contributed by atoms with Crippen molar-refractivity contribution in [1.82, 2.24) is 15.1 Å². The Labute approximate surface area is 167 Å². The average Bonchev–Trinajstić information content (AvgIpc) is 3.11. The molecule has 0 spiro atoms. The summed E-state index contributed by atoms with van der Waals surface area (Å²) in [5, 5.41) is 3.09. The molecular formula is C21H31N3O4. The maximum absolute atomic E-state index is 12.6. The van der Waals surface area contributed by atoms with Gasteiger partial charge in [-0.2, -0.15) is 0 Å². The van der Waals surface area contributed by atoms with Crippen molar-refractivity contribution in [3.8, 4) is 11.5 Å². The smallest absolute Gasteiger partial charge is 0.254 e. The minimum absolute atomic E-state index is 0.0464. The summed E-state index contributed by atoms with van der Waals surface area (Å²) >= 11 is 0. The van der Waals surface area contributed by atoms with E-state index in [9.17, 15) is 9.59 Å². The van der Waals surface area contributed by atoms with Crippen LogP contribution in [0.1, 0.15) is 44.0 Å². The van der Waals surface area contributed by atoms with Gasteiger partial charge in [0.2, 0.25) is 12.7 Å². The first kappa shape index (κ1) is 20.5.